The standard InChI is InChI=1S/C30H23F7/c1-2-3-18-4-6-19(7-5-18)8-9-20-10-12-23(25(31)14-20)21-11-13-24(26(32)15-21)22-16-27(33)29(28(34)17-22)30(35,36)37/h4-7,10-17H,2-3,8-9H2,1H3. The second-order valence-corrected chi connectivity index (χ2v) is 8.89. The molecular formula is C30H23F7. The largest absolute Gasteiger partial charge is 0.422 e. The Bertz CT molecular complexity index is 1380. The normalized spacial score (nSPS) is 11.7. The van der Waals surface area contributed by atoms with Crippen LogP contribution in [0.5, 0.6) is 0 Å². The number of rotatable bonds is 7. The maximum Gasteiger partial charge on any atom is 0.422 e. The van der Waals surface area contributed by atoms with Gasteiger partial charge >= 0.3 is 6.18 Å². The summed E-state index contributed by atoms with van der Waals surface area (Å²) in [6.07, 6.45) is -1.79. The zero-order valence-corrected chi connectivity index (χ0v) is 19.9. The highest BCUT2D eigenvalue weighted by molar-refractivity contribution is 5.72. The smallest absolute Gasteiger partial charge is 0.206 e. The minimum absolute atomic E-state index is 0.128. The van der Waals surface area contributed by atoms with Gasteiger partial charge in [0.2, 0.25) is 0 Å². The summed E-state index contributed by atoms with van der Waals surface area (Å²) in [5.74, 6) is -5.20. The van der Waals surface area contributed by atoms with E-state index in [1.165, 1.54) is 23.8 Å². The lowest BCUT2D eigenvalue weighted by molar-refractivity contribution is -0.142. The molecule has 0 aromatic heterocycles. The highest BCUT2D eigenvalue weighted by atomic mass is 19.4. The highest BCUT2D eigenvalue weighted by Crippen LogP contribution is 2.37. The lowest BCUT2D eigenvalue weighted by atomic mass is 9.96. The Hall–Kier alpha value is -3.61. The summed E-state index contributed by atoms with van der Waals surface area (Å²) in [4.78, 5) is 0. The topological polar surface area (TPSA) is 0 Å². The number of aryl methyl sites for hydroxylation is 3. The molecule has 192 valence electrons. The van der Waals surface area contributed by atoms with Crippen molar-refractivity contribution >= 4 is 0 Å². The van der Waals surface area contributed by atoms with Crippen LogP contribution in [0.4, 0.5) is 30.7 Å². The molecule has 0 spiro atoms. The molecule has 0 aliphatic rings. The van der Waals surface area contributed by atoms with Crippen LogP contribution in [0.3, 0.4) is 0 Å². The molecule has 7 heteroatoms. The predicted molar refractivity (Wildman–Crippen MR) is 130 cm³/mol. The van der Waals surface area contributed by atoms with Gasteiger partial charge < -0.3 is 0 Å². The summed E-state index contributed by atoms with van der Waals surface area (Å²) in [5, 5.41) is 0. The fourth-order valence-corrected chi connectivity index (χ4v) is 4.31. The first-order valence-corrected chi connectivity index (χ1v) is 11.8. The molecule has 0 nitrogen and oxygen atoms in total. The van der Waals surface area contributed by atoms with E-state index in [-0.39, 0.29) is 16.7 Å². The van der Waals surface area contributed by atoms with Gasteiger partial charge in [-0.05, 0) is 71.3 Å². The van der Waals surface area contributed by atoms with Gasteiger partial charge in [-0.3, -0.25) is 0 Å². The summed E-state index contributed by atoms with van der Waals surface area (Å²) >= 11 is 0. The van der Waals surface area contributed by atoms with Gasteiger partial charge in [0, 0.05) is 11.1 Å². The van der Waals surface area contributed by atoms with Crippen LogP contribution in [0.15, 0.2) is 72.8 Å². The van der Waals surface area contributed by atoms with E-state index in [9.17, 15) is 30.7 Å². The van der Waals surface area contributed by atoms with E-state index in [0.717, 1.165) is 42.5 Å². The number of alkyl halides is 3. The number of hydrogen-bond donors (Lipinski definition) is 0. The number of benzene rings is 4. The lowest BCUT2D eigenvalue weighted by Crippen LogP contribution is -2.11. The molecule has 0 amide bonds. The summed E-state index contributed by atoms with van der Waals surface area (Å²) in [6.45, 7) is 2.12. The van der Waals surface area contributed by atoms with Crippen molar-refractivity contribution in [3.8, 4) is 22.3 Å². The van der Waals surface area contributed by atoms with Gasteiger partial charge in [-0.25, -0.2) is 17.6 Å². The monoisotopic (exact) mass is 516 g/mol. The van der Waals surface area contributed by atoms with Crippen LogP contribution >= 0.6 is 0 Å². The molecule has 0 atom stereocenters. The Labute approximate surface area is 210 Å². The van der Waals surface area contributed by atoms with Gasteiger partial charge in [-0.1, -0.05) is 61.9 Å². The molecule has 0 bridgehead atoms. The zero-order valence-electron chi connectivity index (χ0n) is 19.9. The van der Waals surface area contributed by atoms with Gasteiger partial charge in [0.25, 0.3) is 0 Å². The van der Waals surface area contributed by atoms with E-state index in [1.54, 1.807) is 6.07 Å². The summed E-state index contributed by atoms with van der Waals surface area (Å²) in [7, 11) is 0. The van der Waals surface area contributed by atoms with Crippen molar-refractivity contribution in [3.05, 3.63) is 118 Å². The Morgan fingerprint density at radius 3 is 1.51 bits per heavy atom. The van der Waals surface area contributed by atoms with E-state index < -0.39 is 40.6 Å². The van der Waals surface area contributed by atoms with Crippen molar-refractivity contribution in [2.45, 2.75) is 38.8 Å². The van der Waals surface area contributed by atoms with E-state index in [0.29, 0.717) is 18.6 Å². The van der Waals surface area contributed by atoms with Gasteiger partial charge in [-0.2, -0.15) is 13.2 Å². The highest BCUT2D eigenvalue weighted by Gasteiger charge is 2.38. The third kappa shape index (κ3) is 6.04. The predicted octanol–water partition coefficient (Wildman–Crippen LogP) is 9.33. The second-order valence-electron chi connectivity index (χ2n) is 8.89. The zero-order chi connectivity index (χ0) is 26.7. The second kappa shape index (κ2) is 10.8. The van der Waals surface area contributed by atoms with Gasteiger partial charge in [0.15, 0.2) is 0 Å². The van der Waals surface area contributed by atoms with Crippen LogP contribution in [0, 0.1) is 23.3 Å². The molecule has 0 aliphatic heterocycles. The first-order chi connectivity index (χ1) is 17.6. The molecule has 0 heterocycles. The number of hydrogen-bond acceptors (Lipinski definition) is 0. The maximum atomic E-state index is 14.9. The Morgan fingerprint density at radius 1 is 0.514 bits per heavy atom. The molecule has 0 aliphatic carbocycles. The Kier molecular flexibility index (Phi) is 7.71. The number of halogens is 7. The van der Waals surface area contributed by atoms with Crippen molar-refractivity contribution in [3.63, 3.8) is 0 Å². The third-order valence-corrected chi connectivity index (χ3v) is 6.21. The molecule has 0 N–H and O–H groups in total. The molecule has 0 unspecified atom stereocenters. The van der Waals surface area contributed by atoms with Gasteiger partial charge in [0.1, 0.15) is 28.8 Å². The maximum absolute atomic E-state index is 14.9. The SMILES string of the molecule is CCCc1ccc(CCc2ccc(-c3ccc(-c4cc(F)c(C(F)(F)F)c(F)c4)c(F)c3)c(F)c2)cc1. The fourth-order valence-electron chi connectivity index (χ4n) is 4.31. The minimum atomic E-state index is -5.22. The van der Waals surface area contributed by atoms with E-state index in [1.807, 2.05) is 0 Å². The molecule has 37 heavy (non-hydrogen) atoms. The van der Waals surface area contributed by atoms with Crippen molar-refractivity contribution < 1.29 is 30.7 Å². The van der Waals surface area contributed by atoms with Crippen molar-refractivity contribution in [2.75, 3.05) is 0 Å². The van der Waals surface area contributed by atoms with Crippen LogP contribution in [0.1, 0.15) is 35.6 Å². The summed E-state index contributed by atoms with van der Waals surface area (Å²) in [6, 6.07) is 17.3. The molecule has 4 aromatic carbocycles. The molecule has 4 rings (SSSR count). The average molecular weight is 517 g/mol. The molecule has 4 aromatic rings. The fraction of sp³-hybridized carbons (Fsp3) is 0.200. The molecular weight excluding hydrogens is 493 g/mol. The van der Waals surface area contributed by atoms with Crippen LogP contribution in [-0.2, 0) is 25.4 Å². The van der Waals surface area contributed by atoms with E-state index in [2.05, 4.69) is 31.2 Å². The van der Waals surface area contributed by atoms with Crippen LogP contribution in [0.2, 0.25) is 0 Å². The third-order valence-electron chi connectivity index (χ3n) is 6.21. The lowest BCUT2D eigenvalue weighted by Gasteiger charge is -2.13. The van der Waals surface area contributed by atoms with Crippen molar-refractivity contribution in [1.82, 2.24) is 0 Å². The first kappa shape index (κ1) is 26.5. The molecule has 0 saturated heterocycles. The quantitative estimate of drug-likeness (QED) is 0.215. The molecule has 0 saturated carbocycles. The van der Waals surface area contributed by atoms with Gasteiger partial charge in [0.05, 0.1) is 0 Å². The summed E-state index contributed by atoms with van der Waals surface area (Å²) < 4.78 is 96.1. The van der Waals surface area contributed by atoms with Crippen molar-refractivity contribution in [2.24, 2.45) is 0 Å². The van der Waals surface area contributed by atoms with E-state index >= 15 is 0 Å². The molecule has 0 fully saturated rings. The van der Waals surface area contributed by atoms with Gasteiger partial charge in [-0.15, -0.1) is 0 Å². The Morgan fingerprint density at radius 2 is 0.973 bits per heavy atom. The van der Waals surface area contributed by atoms with Crippen LogP contribution < -0.4 is 0 Å². The first-order valence-electron chi connectivity index (χ1n) is 11.8. The van der Waals surface area contributed by atoms with E-state index in [4.69, 9.17) is 0 Å². The van der Waals surface area contributed by atoms with Crippen molar-refractivity contribution in [1.29, 1.82) is 0 Å². The Balaban J connectivity index is 1.52. The minimum Gasteiger partial charge on any atom is -0.206 e. The van der Waals surface area contributed by atoms with Crippen LogP contribution in [0.25, 0.3) is 22.3 Å². The average Bonchev–Trinajstić information content (AvgIpc) is 2.82. The summed E-state index contributed by atoms with van der Waals surface area (Å²) in [5.41, 5.74) is 0.748. The van der Waals surface area contributed by atoms with Crippen LogP contribution in [-0.4, -0.2) is 0 Å². The molecule has 0 radical (unpaired) electrons.